The van der Waals surface area contributed by atoms with Crippen LogP contribution in [0.2, 0.25) is 0 Å². The van der Waals surface area contributed by atoms with Crippen LogP contribution in [0.4, 0.5) is 0 Å². The molecule has 3 saturated heterocycles. The summed E-state index contributed by atoms with van der Waals surface area (Å²) < 4.78 is 6.64. The maximum atomic E-state index is 13.8. The molecule has 0 saturated carbocycles. The highest BCUT2D eigenvalue weighted by molar-refractivity contribution is 5.99. The summed E-state index contributed by atoms with van der Waals surface area (Å²) in [7, 11) is 0. The highest BCUT2D eigenvalue weighted by Crippen LogP contribution is 2.65. The van der Waals surface area contributed by atoms with E-state index in [0.29, 0.717) is 38.9 Å². The molecule has 3 heterocycles. The first-order chi connectivity index (χ1) is 15.3. The van der Waals surface area contributed by atoms with Crippen LogP contribution in [0.3, 0.4) is 0 Å². The Labute approximate surface area is 191 Å². The zero-order valence-corrected chi connectivity index (χ0v) is 20.1. The number of fused-ring (bicyclic) bond motifs is 1. The molecule has 0 aliphatic carbocycles. The van der Waals surface area contributed by atoms with Gasteiger partial charge in [0, 0.05) is 26.2 Å². The Balaban J connectivity index is 1.94. The van der Waals surface area contributed by atoms with Gasteiger partial charge in [-0.25, -0.2) is 0 Å². The molecule has 3 aliphatic heterocycles. The second-order valence-electron chi connectivity index (χ2n) is 9.96. The maximum absolute atomic E-state index is 13.8. The number of unbranched alkanes of at least 4 members (excludes halogenated alkanes) is 3. The number of aliphatic hydroxyl groups excluding tert-OH is 1. The Kier molecular flexibility index (Phi) is 7.86. The zero-order chi connectivity index (χ0) is 23.5. The highest BCUT2D eigenvalue weighted by atomic mass is 16.5. The second-order valence-corrected chi connectivity index (χ2v) is 9.96. The predicted octanol–water partition coefficient (Wildman–Crippen LogP) is 1.60. The molecule has 3 rings (SSSR count). The van der Waals surface area contributed by atoms with Crippen LogP contribution in [0.25, 0.3) is 0 Å². The van der Waals surface area contributed by atoms with E-state index >= 15 is 0 Å². The van der Waals surface area contributed by atoms with Crippen LogP contribution in [0.1, 0.15) is 72.6 Å². The molecule has 3 fully saturated rings. The van der Waals surface area contributed by atoms with Gasteiger partial charge in [0.15, 0.2) is 0 Å². The number of carbonyl (C=O) groups is 3. The Bertz CT molecular complexity index is 716. The van der Waals surface area contributed by atoms with E-state index in [1.165, 1.54) is 0 Å². The summed E-state index contributed by atoms with van der Waals surface area (Å²) in [6.45, 7) is 9.72. The van der Waals surface area contributed by atoms with Gasteiger partial charge in [0.2, 0.25) is 17.7 Å². The summed E-state index contributed by atoms with van der Waals surface area (Å²) in [6.07, 6.45) is 5.39. The summed E-state index contributed by atoms with van der Waals surface area (Å²) >= 11 is 0. The predicted molar refractivity (Wildman–Crippen MR) is 121 cm³/mol. The average Bonchev–Trinajstić information content (AvgIpc) is 3.26. The molecular weight excluding hydrogens is 410 g/mol. The number of amides is 3. The lowest BCUT2D eigenvalue weighted by Crippen LogP contribution is -2.56. The normalized spacial score (nSPS) is 35.3. The fourth-order valence-electron chi connectivity index (χ4n) is 6.09. The first kappa shape index (κ1) is 25.0. The molecule has 3 amide bonds. The SMILES string of the molecule is CCCCNC(=O)C1N(CCCCCO)C(=O)[C@@H]2[C@@H](C(=O)NCCC)[C@]3(C)OC12CC3C. The molecule has 0 aromatic carbocycles. The van der Waals surface area contributed by atoms with Crippen molar-refractivity contribution in [3.05, 3.63) is 0 Å². The number of ether oxygens (including phenoxy) is 1. The molecule has 8 heteroatoms. The van der Waals surface area contributed by atoms with E-state index in [1.54, 1.807) is 4.90 Å². The fraction of sp³-hybridized carbons (Fsp3) is 0.875. The van der Waals surface area contributed by atoms with Gasteiger partial charge in [-0.05, 0) is 51.4 Å². The van der Waals surface area contributed by atoms with Crippen molar-refractivity contribution in [1.29, 1.82) is 0 Å². The monoisotopic (exact) mass is 451 g/mol. The Morgan fingerprint density at radius 1 is 1.09 bits per heavy atom. The van der Waals surface area contributed by atoms with Crippen LogP contribution < -0.4 is 10.6 Å². The molecule has 8 nitrogen and oxygen atoms in total. The van der Waals surface area contributed by atoms with E-state index in [0.717, 1.165) is 25.7 Å². The largest absolute Gasteiger partial charge is 0.396 e. The second kappa shape index (κ2) is 10.1. The minimum atomic E-state index is -0.966. The maximum Gasteiger partial charge on any atom is 0.245 e. The van der Waals surface area contributed by atoms with Crippen molar-refractivity contribution in [2.45, 2.75) is 89.9 Å². The van der Waals surface area contributed by atoms with E-state index in [-0.39, 0.29) is 30.2 Å². The van der Waals surface area contributed by atoms with Gasteiger partial charge in [-0.1, -0.05) is 27.2 Å². The van der Waals surface area contributed by atoms with Crippen molar-refractivity contribution in [3.8, 4) is 0 Å². The molecule has 182 valence electrons. The zero-order valence-electron chi connectivity index (χ0n) is 20.1. The number of nitrogens with one attached hydrogen (secondary N) is 2. The molecule has 32 heavy (non-hydrogen) atoms. The van der Waals surface area contributed by atoms with Crippen LogP contribution in [0.5, 0.6) is 0 Å². The first-order valence-corrected chi connectivity index (χ1v) is 12.4. The third-order valence-corrected chi connectivity index (χ3v) is 7.78. The van der Waals surface area contributed by atoms with Gasteiger partial charge >= 0.3 is 0 Å². The minimum Gasteiger partial charge on any atom is -0.396 e. The average molecular weight is 452 g/mol. The van der Waals surface area contributed by atoms with Crippen molar-refractivity contribution < 1.29 is 24.2 Å². The van der Waals surface area contributed by atoms with Gasteiger partial charge in [0.25, 0.3) is 0 Å². The number of rotatable bonds is 12. The number of hydrogen-bond acceptors (Lipinski definition) is 5. The highest BCUT2D eigenvalue weighted by Gasteiger charge is 2.79. The summed E-state index contributed by atoms with van der Waals surface area (Å²) in [5.74, 6) is -1.64. The van der Waals surface area contributed by atoms with E-state index < -0.39 is 29.1 Å². The molecule has 3 aliphatic rings. The lowest BCUT2D eigenvalue weighted by molar-refractivity contribution is -0.147. The Morgan fingerprint density at radius 2 is 1.81 bits per heavy atom. The molecule has 0 aromatic heterocycles. The Hall–Kier alpha value is -1.67. The molecular formula is C24H41N3O5. The summed E-state index contributed by atoms with van der Waals surface area (Å²) in [5, 5.41) is 15.1. The number of aliphatic hydroxyl groups is 1. The first-order valence-electron chi connectivity index (χ1n) is 12.4. The summed E-state index contributed by atoms with van der Waals surface area (Å²) in [5.41, 5.74) is -1.73. The standard InChI is InChI=1S/C24H41N3O5/c1-5-7-12-26-21(30)19-24-15-16(3)23(4,32-24)17(20(29)25-11-6-2)18(24)22(31)27(19)13-9-8-10-14-28/h16-19,28H,5-15H2,1-4H3,(H,25,29)(H,26,30)/t16?,17-,18-,19?,23+,24?/m0/s1. The smallest absolute Gasteiger partial charge is 0.245 e. The van der Waals surface area contributed by atoms with Crippen LogP contribution in [0.15, 0.2) is 0 Å². The topological polar surface area (TPSA) is 108 Å². The fourth-order valence-corrected chi connectivity index (χ4v) is 6.09. The van der Waals surface area contributed by atoms with Gasteiger partial charge in [-0.15, -0.1) is 0 Å². The molecule has 6 atom stereocenters. The van der Waals surface area contributed by atoms with Crippen molar-refractivity contribution in [1.82, 2.24) is 15.5 Å². The molecule has 2 bridgehead atoms. The number of carbonyl (C=O) groups excluding carboxylic acids is 3. The quantitative estimate of drug-likeness (QED) is 0.391. The van der Waals surface area contributed by atoms with E-state index in [2.05, 4.69) is 24.5 Å². The Morgan fingerprint density at radius 3 is 2.47 bits per heavy atom. The summed E-state index contributed by atoms with van der Waals surface area (Å²) in [6, 6.07) is -0.723. The van der Waals surface area contributed by atoms with Crippen LogP contribution in [0, 0.1) is 17.8 Å². The van der Waals surface area contributed by atoms with E-state index in [9.17, 15) is 14.4 Å². The van der Waals surface area contributed by atoms with Gasteiger partial charge in [-0.2, -0.15) is 0 Å². The van der Waals surface area contributed by atoms with Crippen LogP contribution in [-0.2, 0) is 19.1 Å². The van der Waals surface area contributed by atoms with Gasteiger partial charge in [0.1, 0.15) is 11.6 Å². The van der Waals surface area contributed by atoms with Crippen molar-refractivity contribution in [2.75, 3.05) is 26.2 Å². The lowest BCUT2D eigenvalue weighted by Gasteiger charge is -2.36. The van der Waals surface area contributed by atoms with Crippen LogP contribution >= 0.6 is 0 Å². The number of hydrogen-bond donors (Lipinski definition) is 3. The van der Waals surface area contributed by atoms with E-state index in [1.807, 2.05) is 13.8 Å². The van der Waals surface area contributed by atoms with Crippen LogP contribution in [-0.4, -0.2) is 71.2 Å². The third-order valence-electron chi connectivity index (χ3n) is 7.78. The van der Waals surface area contributed by atoms with Crippen molar-refractivity contribution >= 4 is 17.7 Å². The minimum absolute atomic E-state index is 0.0595. The van der Waals surface area contributed by atoms with Gasteiger partial charge in [-0.3, -0.25) is 14.4 Å². The molecule has 3 N–H and O–H groups in total. The summed E-state index contributed by atoms with van der Waals surface area (Å²) in [4.78, 5) is 42.1. The van der Waals surface area contributed by atoms with E-state index in [4.69, 9.17) is 9.84 Å². The number of nitrogens with zero attached hydrogens (tertiary/aromatic N) is 1. The third kappa shape index (κ3) is 4.04. The lowest BCUT2D eigenvalue weighted by atomic mass is 9.62. The van der Waals surface area contributed by atoms with Crippen molar-refractivity contribution in [2.24, 2.45) is 17.8 Å². The van der Waals surface area contributed by atoms with Gasteiger partial charge in [0.05, 0.1) is 17.4 Å². The molecule has 3 unspecified atom stereocenters. The molecule has 1 spiro atoms. The molecule has 0 radical (unpaired) electrons. The van der Waals surface area contributed by atoms with Crippen molar-refractivity contribution in [3.63, 3.8) is 0 Å². The number of likely N-dealkylation sites (tertiary alicyclic amines) is 1. The van der Waals surface area contributed by atoms with Gasteiger partial charge < -0.3 is 25.4 Å². The molecule has 0 aromatic rings.